The molecule has 5 heteroatoms. The molecule has 0 aliphatic carbocycles. The first-order valence-electron chi connectivity index (χ1n) is 5.59. The van der Waals surface area contributed by atoms with Gasteiger partial charge in [-0.15, -0.1) is 0 Å². The third-order valence-electron chi connectivity index (χ3n) is 2.60. The molecule has 0 aliphatic rings. The number of carboxylic acid groups (broad SMARTS) is 1. The molecule has 4 nitrogen and oxygen atoms in total. The minimum Gasteiger partial charge on any atom is -0.478 e. The lowest BCUT2D eigenvalue weighted by Gasteiger charge is -2.05. The lowest BCUT2D eigenvalue weighted by Crippen LogP contribution is -2.03. The van der Waals surface area contributed by atoms with Crippen LogP contribution in [-0.2, 0) is 0 Å². The summed E-state index contributed by atoms with van der Waals surface area (Å²) in [4.78, 5) is 11.3. The standard InChI is InChI=1S/C13H13ClN2O2/c1-8(2)16-12(14)10(13(17)18)11(15-16)9-6-4-3-5-7-9/h3-8H,1-2H3,(H,17,18). The molecular formula is C13H13ClN2O2. The Kier molecular flexibility index (Phi) is 3.39. The summed E-state index contributed by atoms with van der Waals surface area (Å²) in [6.07, 6.45) is 0. The Bertz CT molecular complexity index is 576. The smallest absolute Gasteiger partial charge is 0.341 e. The number of hydrogen-bond donors (Lipinski definition) is 1. The van der Waals surface area contributed by atoms with Crippen LogP contribution in [0.15, 0.2) is 30.3 Å². The van der Waals surface area contributed by atoms with E-state index in [-0.39, 0.29) is 16.8 Å². The molecular weight excluding hydrogens is 252 g/mol. The van der Waals surface area contributed by atoms with E-state index in [4.69, 9.17) is 11.6 Å². The van der Waals surface area contributed by atoms with Gasteiger partial charge < -0.3 is 5.11 Å². The number of carboxylic acids is 1. The zero-order valence-corrected chi connectivity index (χ0v) is 10.8. The van der Waals surface area contributed by atoms with Crippen LogP contribution < -0.4 is 0 Å². The number of aromatic carboxylic acids is 1. The summed E-state index contributed by atoms with van der Waals surface area (Å²) >= 11 is 6.09. The van der Waals surface area contributed by atoms with E-state index in [0.29, 0.717) is 5.69 Å². The average Bonchev–Trinajstić information content (AvgIpc) is 2.68. The average molecular weight is 265 g/mol. The lowest BCUT2D eigenvalue weighted by atomic mass is 10.1. The number of hydrogen-bond acceptors (Lipinski definition) is 2. The first kappa shape index (κ1) is 12.6. The van der Waals surface area contributed by atoms with E-state index in [1.165, 1.54) is 4.68 Å². The molecule has 2 rings (SSSR count). The Morgan fingerprint density at radius 3 is 2.44 bits per heavy atom. The van der Waals surface area contributed by atoms with Crippen molar-refractivity contribution in [3.63, 3.8) is 0 Å². The molecule has 1 heterocycles. The maximum absolute atomic E-state index is 11.3. The topological polar surface area (TPSA) is 55.1 Å². The molecule has 0 unspecified atom stereocenters. The quantitative estimate of drug-likeness (QED) is 0.923. The second kappa shape index (κ2) is 4.82. The first-order valence-corrected chi connectivity index (χ1v) is 5.97. The van der Waals surface area contributed by atoms with Gasteiger partial charge in [0.15, 0.2) is 0 Å². The number of rotatable bonds is 3. The fraction of sp³-hybridized carbons (Fsp3) is 0.231. The number of aromatic nitrogens is 2. The number of benzene rings is 1. The SMILES string of the molecule is CC(C)n1nc(-c2ccccc2)c(C(=O)O)c1Cl. The molecule has 0 radical (unpaired) electrons. The van der Waals surface area contributed by atoms with E-state index in [1.54, 1.807) is 0 Å². The van der Waals surface area contributed by atoms with Crippen molar-refractivity contribution in [2.45, 2.75) is 19.9 Å². The largest absolute Gasteiger partial charge is 0.478 e. The van der Waals surface area contributed by atoms with E-state index >= 15 is 0 Å². The van der Waals surface area contributed by atoms with Gasteiger partial charge in [0.1, 0.15) is 16.4 Å². The molecule has 0 aliphatic heterocycles. The van der Waals surface area contributed by atoms with E-state index in [0.717, 1.165) is 5.56 Å². The molecule has 0 atom stereocenters. The van der Waals surface area contributed by atoms with Gasteiger partial charge in [0.2, 0.25) is 0 Å². The van der Waals surface area contributed by atoms with E-state index in [9.17, 15) is 9.90 Å². The van der Waals surface area contributed by atoms with Gasteiger partial charge in [-0.05, 0) is 13.8 Å². The summed E-state index contributed by atoms with van der Waals surface area (Å²) in [7, 11) is 0. The van der Waals surface area contributed by atoms with Gasteiger partial charge in [-0.25, -0.2) is 9.48 Å². The molecule has 0 spiro atoms. The Labute approximate surface area is 110 Å². The third kappa shape index (κ3) is 2.11. The molecule has 0 saturated heterocycles. The van der Waals surface area contributed by atoms with Crippen LogP contribution in [0.4, 0.5) is 0 Å². The van der Waals surface area contributed by atoms with Crippen molar-refractivity contribution in [3.8, 4) is 11.3 Å². The van der Waals surface area contributed by atoms with Crippen LogP contribution in [0.5, 0.6) is 0 Å². The zero-order valence-electron chi connectivity index (χ0n) is 10.1. The summed E-state index contributed by atoms with van der Waals surface area (Å²) in [5, 5.41) is 13.7. The predicted octanol–water partition coefficient (Wildman–Crippen LogP) is 3.48. The molecule has 0 amide bonds. The minimum atomic E-state index is -1.06. The first-order chi connectivity index (χ1) is 8.52. The van der Waals surface area contributed by atoms with Gasteiger partial charge in [0.05, 0.1) is 0 Å². The number of halogens is 1. The second-order valence-electron chi connectivity index (χ2n) is 4.22. The second-order valence-corrected chi connectivity index (χ2v) is 4.58. The Balaban J connectivity index is 2.67. The fourth-order valence-electron chi connectivity index (χ4n) is 1.74. The van der Waals surface area contributed by atoms with Crippen molar-refractivity contribution in [2.24, 2.45) is 0 Å². The van der Waals surface area contributed by atoms with Gasteiger partial charge in [-0.1, -0.05) is 41.9 Å². The normalized spacial score (nSPS) is 10.9. The van der Waals surface area contributed by atoms with Crippen molar-refractivity contribution < 1.29 is 9.90 Å². The molecule has 0 saturated carbocycles. The summed E-state index contributed by atoms with van der Waals surface area (Å²) in [5.41, 5.74) is 1.20. The molecule has 0 bridgehead atoms. The Morgan fingerprint density at radius 1 is 1.33 bits per heavy atom. The highest BCUT2D eigenvalue weighted by atomic mass is 35.5. The maximum atomic E-state index is 11.3. The van der Waals surface area contributed by atoms with E-state index in [1.807, 2.05) is 44.2 Å². The highest BCUT2D eigenvalue weighted by Gasteiger charge is 2.24. The highest BCUT2D eigenvalue weighted by molar-refractivity contribution is 6.33. The van der Waals surface area contributed by atoms with Crippen LogP contribution in [0.25, 0.3) is 11.3 Å². The molecule has 2 aromatic rings. The van der Waals surface area contributed by atoms with Gasteiger partial charge in [-0.2, -0.15) is 5.10 Å². The van der Waals surface area contributed by atoms with Crippen LogP contribution >= 0.6 is 11.6 Å². The van der Waals surface area contributed by atoms with Gasteiger partial charge in [0.25, 0.3) is 0 Å². The molecule has 1 aromatic carbocycles. The van der Waals surface area contributed by atoms with Crippen molar-refractivity contribution in [1.29, 1.82) is 0 Å². The molecule has 0 fully saturated rings. The summed E-state index contributed by atoms with van der Waals surface area (Å²) in [5.74, 6) is -1.06. The van der Waals surface area contributed by atoms with Crippen molar-refractivity contribution >= 4 is 17.6 Å². The highest BCUT2D eigenvalue weighted by Crippen LogP contribution is 2.30. The summed E-state index contributed by atoms with van der Waals surface area (Å²) in [6.45, 7) is 3.80. The van der Waals surface area contributed by atoms with Crippen molar-refractivity contribution in [2.75, 3.05) is 0 Å². The monoisotopic (exact) mass is 264 g/mol. The lowest BCUT2D eigenvalue weighted by molar-refractivity contribution is 0.0698. The molecule has 1 aromatic heterocycles. The van der Waals surface area contributed by atoms with Crippen LogP contribution in [0.1, 0.15) is 30.2 Å². The summed E-state index contributed by atoms with van der Waals surface area (Å²) in [6, 6.07) is 9.18. The van der Waals surface area contributed by atoms with Gasteiger partial charge >= 0.3 is 5.97 Å². The maximum Gasteiger partial charge on any atom is 0.341 e. The third-order valence-corrected chi connectivity index (χ3v) is 2.96. The Hall–Kier alpha value is -1.81. The molecule has 94 valence electrons. The van der Waals surface area contributed by atoms with Crippen LogP contribution in [0, 0.1) is 0 Å². The van der Waals surface area contributed by atoms with E-state index in [2.05, 4.69) is 5.10 Å². The number of carbonyl (C=O) groups is 1. The van der Waals surface area contributed by atoms with Crippen LogP contribution in [0.3, 0.4) is 0 Å². The fourth-order valence-corrected chi connectivity index (χ4v) is 2.15. The molecule has 1 N–H and O–H groups in total. The minimum absolute atomic E-state index is 0.00747. The van der Waals surface area contributed by atoms with Gasteiger partial charge in [0, 0.05) is 11.6 Å². The Morgan fingerprint density at radius 2 is 1.94 bits per heavy atom. The van der Waals surface area contributed by atoms with E-state index < -0.39 is 5.97 Å². The summed E-state index contributed by atoms with van der Waals surface area (Å²) < 4.78 is 1.52. The predicted molar refractivity (Wildman–Crippen MR) is 70.0 cm³/mol. The number of nitrogens with zero attached hydrogens (tertiary/aromatic N) is 2. The molecule has 18 heavy (non-hydrogen) atoms. The van der Waals surface area contributed by atoms with Crippen molar-refractivity contribution in [1.82, 2.24) is 9.78 Å². The van der Waals surface area contributed by atoms with Crippen LogP contribution in [-0.4, -0.2) is 20.9 Å². The zero-order chi connectivity index (χ0) is 13.3. The van der Waals surface area contributed by atoms with Gasteiger partial charge in [-0.3, -0.25) is 0 Å². The van der Waals surface area contributed by atoms with Crippen LogP contribution in [0.2, 0.25) is 5.15 Å². The van der Waals surface area contributed by atoms with Crippen molar-refractivity contribution in [3.05, 3.63) is 41.0 Å².